The van der Waals surface area contributed by atoms with Gasteiger partial charge in [0, 0.05) is 31.6 Å². The second kappa shape index (κ2) is 9.72. The average Bonchev–Trinajstić information content (AvgIpc) is 3.33. The Bertz CT molecular complexity index is 1600. The van der Waals surface area contributed by atoms with Gasteiger partial charge in [0.15, 0.2) is 5.01 Å². The predicted molar refractivity (Wildman–Crippen MR) is 154 cm³/mol. The summed E-state index contributed by atoms with van der Waals surface area (Å²) in [4.78, 5) is 0. The molecule has 4 nitrogen and oxygen atoms in total. The van der Waals surface area contributed by atoms with Crippen molar-refractivity contribution in [3.63, 3.8) is 0 Å². The summed E-state index contributed by atoms with van der Waals surface area (Å²) in [6.07, 6.45) is 3.10. The second-order valence-electron chi connectivity index (χ2n) is 9.33. The molecule has 3 aromatic carbocycles. The molecular formula is C28H20Cl4N4S. The Hall–Kier alpha value is -2.41. The highest BCUT2D eigenvalue weighted by atomic mass is 35.5. The van der Waals surface area contributed by atoms with Gasteiger partial charge in [-0.2, -0.15) is 5.10 Å². The van der Waals surface area contributed by atoms with Gasteiger partial charge >= 0.3 is 0 Å². The molecule has 2 aromatic heterocycles. The molecule has 6 rings (SSSR count). The Morgan fingerprint density at radius 2 is 1.49 bits per heavy atom. The van der Waals surface area contributed by atoms with Crippen LogP contribution in [-0.4, -0.2) is 20.0 Å². The first-order valence-corrected chi connectivity index (χ1v) is 14.1. The molecule has 37 heavy (non-hydrogen) atoms. The molecule has 0 unspecified atom stereocenters. The zero-order valence-electron chi connectivity index (χ0n) is 19.7. The minimum atomic E-state index is 0.0265. The fourth-order valence-corrected chi connectivity index (χ4v) is 6.49. The van der Waals surface area contributed by atoms with Gasteiger partial charge in [0.25, 0.3) is 0 Å². The number of hydrogen-bond acceptors (Lipinski definition) is 4. The average molecular weight is 586 g/mol. The number of hydrogen-bond donors (Lipinski definition) is 0. The minimum absolute atomic E-state index is 0.0265. The van der Waals surface area contributed by atoms with E-state index in [4.69, 9.17) is 51.5 Å². The number of rotatable bonds is 6. The Morgan fingerprint density at radius 3 is 2.14 bits per heavy atom. The fraction of sp³-hybridized carbons (Fsp3) is 0.179. The van der Waals surface area contributed by atoms with E-state index in [1.807, 2.05) is 60.1 Å². The SMILES string of the molecule is Cc1c(-c2nnc(C3(Cc4ccc(Cl)cc4)CC3)s2)nn(-c2ccc(Cl)cc2Cl)c1-c1ccc(Cl)cc1. The van der Waals surface area contributed by atoms with Crippen LogP contribution in [0.1, 0.15) is 29.0 Å². The highest BCUT2D eigenvalue weighted by Gasteiger charge is 2.47. The van der Waals surface area contributed by atoms with E-state index < -0.39 is 0 Å². The number of nitrogens with zero attached hydrogens (tertiary/aromatic N) is 4. The van der Waals surface area contributed by atoms with Crippen molar-refractivity contribution in [2.45, 2.75) is 31.6 Å². The van der Waals surface area contributed by atoms with Crippen LogP contribution in [-0.2, 0) is 11.8 Å². The van der Waals surface area contributed by atoms with E-state index in [1.54, 1.807) is 17.4 Å². The zero-order valence-corrected chi connectivity index (χ0v) is 23.5. The molecule has 9 heteroatoms. The van der Waals surface area contributed by atoms with Crippen molar-refractivity contribution in [2.75, 3.05) is 0 Å². The summed E-state index contributed by atoms with van der Waals surface area (Å²) in [5.74, 6) is 0. The van der Waals surface area contributed by atoms with Crippen LogP contribution in [0.4, 0.5) is 0 Å². The first kappa shape index (κ1) is 24.9. The van der Waals surface area contributed by atoms with Crippen molar-refractivity contribution in [3.05, 3.63) is 103 Å². The van der Waals surface area contributed by atoms with Gasteiger partial charge in [0.05, 0.1) is 16.4 Å². The summed E-state index contributed by atoms with van der Waals surface area (Å²) in [7, 11) is 0. The molecule has 5 aromatic rings. The molecule has 186 valence electrons. The van der Waals surface area contributed by atoms with Crippen LogP contribution in [0.5, 0.6) is 0 Å². The van der Waals surface area contributed by atoms with E-state index in [2.05, 4.69) is 22.3 Å². The molecule has 1 fully saturated rings. The Labute approximate surface area is 238 Å². The third-order valence-corrected chi connectivity index (χ3v) is 8.99. The van der Waals surface area contributed by atoms with E-state index in [9.17, 15) is 0 Å². The second-order valence-corrected chi connectivity index (χ2v) is 12.0. The van der Waals surface area contributed by atoms with Gasteiger partial charge in [-0.15, -0.1) is 10.2 Å². The monoisotopic (exact) mass is 584 g/mol. The topological polar surface area (TPSA) is 43.6 Å². The number of halogens is 4. The number of aromatic nitrogens is 4. The maximum absolute atomic E-state index is 6.62. The van der Waals surface area contributed by atoms with Crippen LogP contribution in [0.3, 0.4) is 0 Å². The third-order valence-electron chi connectivity index (χ3n) is 6.77. The van der Waals surface area contributed by atoms with Crippen LogP contribution in [0.25, 0.3) is 27.6 Å². The Morgan fingerprint density at radius 1 is 0.838 bits per heavy atom. The maximum Gasteiger partial charge on any atom is 0.168 e. The quantitative estimate of drug-likeness (QED) is 0.199. The lowest BCUT2D eigenvalue weighted by molar-refractivity contribution is 0.670. The van der Waals surface area contributed by atoms with Gasteiger partial charge in [-0.1, -0.05) is 82.0 Å². The highest BCUT2D eigenvalue weighted by Crippen LogP contribution is 2.52. The van der Waals surface area contributed by atoms with Crippen molar-refractivity contribution < 1.29 is 0 Å². The highest BCUT2D eigenvalue weighted by molar-refractivity contribution is 7.14. The fourth-order valence-electron chi connectivity index (χ4n) is 4.62. The molecule has 0 atom stereocenters. The van der Waals surface area contributed by atoms with Crippen LogP contribution in [0.15, 0.2) is 66.7 Å². The van der Waals surface area contributed by atoms with Gasteiger partial charge < -0.3 is 0 Å². The molecule has 0 amide bonds. The molecule has 0 aliphatic heterocycles. The maximum atomic E-state index is 6.62. The molecule has 1 aliphatic rings. The summed E-state index contributed by atoms with van der Waals surface area (Å²) in [5, 5.41) is 18.6. The summed E-state index contributed by atoms with van der Waals surface area (Å²) in [6, 6.07) is 21.1. The Balaban J connectivity index is 1.42. The summed E-state index contributed by atoms with van der Waals surface area (Å²) in [5.41, 5.74) is 5.66. The normalized spacial score (nSPS) is 14.2. The van der Waals surface area contributed by atoms with Gasteiger partial charge in [0.2, 0.25) is 0 Å². The molecule has 0 radical (unpaired) electrons. The Kier molecular flexibility index (Phi) is 6.54. The van der Waals surface area contributed by atoms with Crippen molar-refractivity contribution in [2.24, 2.45) is 0 Å². The zero-order chi connectivity index (χ0) is 25.7. The largest absolute Gasteiger partial charge is 0.231 e. The molecular weight excluding hydrogens is 566 g/mol. The van der Waals surface area contributed by atoms with Crippen molar-refractivity contribution in [1.29, 1.82) is 0 Å². The molecule has 1 saturated carbocycles. The smallest absolute Gasteiger partial charge is 0.168 e. The van der Waals surface area contributed by atoms with E-state index in [-0.39, 0.29) is 5.41 Å². The molecule has 0 N–H and O–H groups in total. The molecule has 0 saturated heterocycles. The van der Waals surface area contributed by atoms with Crippen molar-refractivity contribution in [3.8, 4) is 27.6 Å². The van der Waals surface area contributed by atoms with E-state index in [1.165, 1.54) is 5.56 Å². The minimum Gasteiger partial charge on any atom is -0.231 e. The first-order chi connectivity index (χ1) is 17.8. The van der Waals surface area contributed by atoms with Crippen LogP contribution in [0.2, 0.25) is 20.1 Å². The summed E-state index contributed by atoms with van der Waals surface area (Å²) >= 11 is 26.7. The molecule has 0 bridgehead atoms. The summed E-state index contributed by atoms with van der Waals surface area (Å²) in [6.45, 7) is 2.05. The lowest BCUT2D eigenvalue weighted by Gasteiger charge is -2.11. The van der Waals surface area contributed by atoms with Crippen LogP contribution < -0.4 is 0 Å². The lowest BCUT2D eigenvalue weighted by atomic mass is 9.97. The van der Waals surface area contributed by atoms with E-state index in [0.717, 1.165) is 62.5 Å². The predicted octanol–water partition coefficient (Wildman–Crippen LogP) is 9.25. The van der Waals surface area contributed by atoms with Gasteiger partial charge in [-0.25, -0.2) is 4.68 Å². The number of benzene rings is 3. The molecule has 1 aliphatic carbocycles. The standard InChI is InChI=1S/C28H20Cl4N4S/c1-16-24(26-33-34-27(37-26)28(12-13-28)15-17-2-6-19(29)7-3-17)35-36(23-11-10-21(31)14-22(23)32)25(16)18-4-8-20(30)9-5-18/h2-11,14H,12-13,15H2,1H3. The van der Waals surface area contributed by atoms with E-state index in [0.29, 0.717) is 15.1 Å². The van der Waals surface area contributed by atoms with Crippen LogP contribution in [0, 0.1) is 6.92 Å². The van der Waals surface area contributed by atoms with Gasteiger partial charge in [0.1, 0.15) is 10.7 Å². The van der Waals surface area contributed by atoms with Crippen LogP contribution >= 0.6 is 57.7 Å². The third kappa shape index (κ3) is 4.80. The van der Waals surface area contributed by atoms with E-state index >= 15 is 0 Å². The van der Waals surface area contributed by atoms with Crippen molar-refractivity contribution in [1.82, 2.24) is 20.0 Å². The lowest BCUT2D eigenvalue weighted by Crippen LogP contribution is -2.10. The van der Waals surface area contributed by atoms with Crippen molar-refractivity contribution >= 4 is 57.7 Å². The first-order valence-electron chi connectivity index (χ1n) is 11.7. The molecule has 2 heterocycles. The van der Waals surface area contributed by atoms with Gasteiger partial charge in [-0.3, -0.25) is 0 Å². The van der Waals surface area contributed by atoms with Gasteiger partial charge in [-0.05, 0) is 74.2 Å². The molecule has 0 spiro atoms. The summed E-state index contributed by atoms with van der Waals surface area (Å²) < 4.78 is 1.86.